The summed E-state index contributed by atoms with van der Waals surface area (Å²) >= 11 is 0. The highest BCUT2D eigenvalue weighted by Gasteiger charge is 2.31. The summed E-state index contributed by atoms with van der Waals surface area (Å²) in [7, 11) is 0. The normalized spacial score (nSPS) is 12.0. The van der Waals surface area contributed by atoms with Gasteiger partial charge in [0.05, 0.1) is 0 Å². The first kappa shape index (κ1) is 33.9. The highest BCUT2D eigenvalue weighted by Crippen LogP contribution is 2.33. The summed E-state index contributed by atoms with van der Waals surface area (Å²) in [6.45, 7) is 8.13. The molecule has 0 aliphatic rings. The Bertz CT molecular complexity index is 1400. The summed E-state index contributed by atoms with van der Waals surface area (Å²) in [6, 6.07) is 20.7. The van der Waals surface area contributed by atoms with E-state index < -0.39 is 12.7 Å². The number of unbranched alkanes of at least 4 members (excludes halogenated alkanes) is 4. The fraction of sp³-hybridized carbons (Fsp3) is 0.351. The molecule has 0 aliphatic heterocycles. The van der Waals surface area contributed by atoms with Crippen LogP contribution in [-0.4, -0.2) is 12.7 Å². The lowest BCUT2D eigenvalue weighted by Crippen LogP contribution is -2.16. The molecule has 0 saturated heterocycles. The molecule has 4 aromatic rings. The van der Waals surface area contributed by atoms with Crippen molar-refractivity contribution in [3.8, 4) is 33.8 Å². The van der Waals surface area contributed by atoms with E-state index in [0.29, 0.717) is 0 Å². The number of hydrogen-bond donors (Lipinski definition) is 0. The Labute approximate surface area is 261 Å². The van der Waals surface area contributed by atoms with Crippen LogP contribution in [0.25, 0.3) is 22.3 Å². The molecule has 0 heterocycles. The van der Waals surface area contributed by atoms with Crippen LogP contribution >= 0.6 is 0 Å². The molecule has 0 radical (unpaired) electrons. The maximum Gasteiger partial charge on any atom is 0.573 e. The third kappa shape index (κ3) is 10.0. The van der Waals surface area contributed by atoms with Crippen molar-refractivity contribution in [2.24, 2.45) is 0 Å². The van der Waals surface area contributed by atoms with Crippen LogP contribution in [0.3, 0.4) is 0 Å². The van der Waals surface area contributed by atoms with E-state index in [4.69, 9.17) is 0 Å². The molecular weight excluding hydrogens is 590 g/mol. The Hall–Kier alpha value is -3.94. The van der Waals surface area contributed by atoms with Gasteiger partial charge in [0, 0.05) is 0 Å². The number of rotatable bonds is 12. The van der Waals surface area contributed by atoms with Crippen molar-refractivity contribution in [2.75, 3.05) is 0 Å². The van der Waals surface area contributed by atoms with Gasteiger partial charge in [-0.15, -0.1) is 26.3 Å². The van der Waals surface area contributed by atoms with E-state index in [-0.39, 0.29) is 11.5 Å². The van der Waals surface area contributed by atoms with Gasteiger partial charge in [0.15, 0.2) is 0 Å². The monoisotopic (exact) mass is 628 g/mol. The van der Waals surface area contributed by atoms with Crippen LogP contribution in [0.2, 0.25) is 0 Å². The molecule has 0 amide bonds. The first-order valence-electron chi connectivity index (χ1n) is 15.1. The first-order valence-corrected chi connectivity index (χ1v) is 15.1. The molecule has 0 fully saturated rings. The second-order valence-electron chi connectivity index (χ2n) is 11.6. The number of halogens is 6. The van der Waals surface area contributed by atoms with Gasteiger partial charge in [0.25, 0.3) is 0 Å². The molecule has 0 aliphatic carbocycles. The van der Waals surface area contributed by atoms with E-state index in [1.54, 1.807) is 24.3 Å². The molecule has 0 saturated carbocycles. The Morgan fingerprint density at radius 3 is 1.02 bits per heavy atom. The summed E-state index contributed by atoms with van der Waals surface area (Å²) in [5.41, 5.74) is 10.7. The first-order chi connectivity index (χ1) is 21.2. The van der Waals surface area contributed by atoms with Crippen LogP contribution in [0.15, 0.2) is 72.8 Å². The molecule has 45 heavy (non-hydrogen) atoms. The summed E-state index contributed by atoms with van der Waals surface area (Å²) < 4.78 is 82.8. The molecule has 0 aromatic heterocycles. The van der Waals surface area contributed by atoms with E-state index in [0.717, 1.165) is 89.5 Å². The fourth-order valence-corrected chi connectivity index (χ4v) is 6.14. The van der Waals surface area contributed by atoms with Crippen molar-refractivity contribution in [1.82, 2.24) is 0 Å². The van der Waals surface area contributed by atoms with Crippen molar-refractivity contribution in [1.29, 1.82) is 0 Å². The molecule has 0 bridgehead atoms. The molecule has 0 atom stereocenters. The van der Waals surface area contributed by atoms with Gasteiger partial charge in [0.2, 0.25) is 0 Å². The van der Waals surface area contributed by atoms with Crippen LogP contribution in [0.1, 0.15) is 65.5 Å². The molecule has 4 rings (SSSR count). The van der Waals surface area contributed by atoms with Crippen LogP contribution in [0, 0.1) is 27.7 Å². The van der Waals surface area contributed by atoms with E-state index in [2.05, 4.69) is 33.7 Å². The van der Waals surface area contributed by atoms with Crippen molar-refractivity contribution in [2.45, 2.75) is 85.4 Å². The lowest BCUT2D eigenvalue weighted by molar-refractivity contribution is -0.275. The average Bonchev–Trinajstić information content (AvgIpc) is 2.92. The molecule has 0 N–H and O–H groups in total. The molecule has 2 nitrogen and oxygen atoms in total. The van der Waals surface area contributed by atoms with Crippen LogP contribution in [-0.2, 0) is 12.8 Å². The highest BCUT2D eigenvalue weighted by molar-refractivity contribution is 5.72. The smallest absolute Gasteiger partial charge is 0.406 e. The number of aryl methyl sites for hydroxylation is 6. The SMILES string of the molecule is Cc1cc(CCCCCCCc2cc(C)c(-c3ccc(OC(F)(F)F)cc3)c(C)c2)cc(C)c1-c1ccc(OC(F)(F)F)cc1. The van der Waals surface area contributed by atoms with Crippen LogP contribution < -0.4 is 9.47 Å². The molecular formula is C37H38F6O2. The zero-order chi connectivity index (χ0) is 32.8. The van der Waals surface area contributed by atoms with E-state index >= 15 is 0 Å². The van der Waals surface area contributed by atoms with E-state index in [1.165, 1.54) is 35.4 Å². The summed E-state index contributed by atoms with van der Waals surface area (Å²) in [6.07, 6.45) is -1.89. The minimum atomic E-state index is -4.71. The topological polar surface area (TPSA) is 18.5 Å². The van der Waals surface area contributed by atoms with Gasteiger partial charge in [-0.1, -0.05) is 67.8 Å². The second kappa shape index (κ2) is 14.4. The third-order valence-corrected chi connectivity index (χ3v) is 7.87. The Kier molecular flexibility index (Phi) is 10.9. The molecule has 4 aromatic carbocycles. The molecule has 240 valence electrons. The summed E-state index contributed by atoms with van der Waals surface area (Å²) in [5, 5.41) is 0. The number of alkyl halides is 6. The van der Waals surface area contributed by atoms with Gasteiger partial charge < -0.3 is 9.47 Å². The fourth-order valence-electron chi connectivity index (χ4n) is 6.14. The van der Waals surface area contributed by atoms with Crippen molar-refractivity contribution >= 4 is 0 Å². The van der Waals surface area contributed by atoms with Crippen molar-refractivity contribution in [3.63, 3.8) is 0 Å². The number of hydrogen-bond acceptors (Lipinski definition) is 2. The van der Waals surface area contributed by atoms with Gasteiger partial charge in [-0.3, -0.25) is 0 Å². The zero-order valence-electron chi connectivity index (χ0n) is 26.0. The van der Waals surface area contributed by atoms with Gasteiger partial charge in [-0.05, 0) is 133 Å². The lowest BCUT2D eigenvalue weighted by Gasteiger charge is -2.15. The molecule has 8 heteroatoms. The second-order valence-corrected chi connectivity index (χ2v) is 11.6. The number of benzene rings is 4. The van der Waals surface area contributed by atoms with E-state index in [9.17, 15) is 26.3 Å². The predicted octanol–water partition coefficient (Wildman–Crippen LogP) is 11.8. The third-order valence-electron chi connectivity index (χ3n) is 7.87. The Morgan fingerprint density at radius 2 is 0.733 bits per heavy atom. The minimum Gasteiger partial charge on any atom is -0.406 e. The molecule has 0 unspecified atom stereocenters. The Morgan fingerprint density at radius 1 is 0.444 bits per heavy atom. The maximum atomic E-state index is 12.5. The van der Waals surface area contributed by atoms with Gasteiger partial charge in [-0.2, -0.15) is 0 Å². The van der Waals surface area contributed by atoms with Crippen molar-refractivity contribution in [3.05, 3.63) is 106 Å². The van der Waals surface area contributed by atoms with Crippen LogP contribution in [0.5, 0.6) is 11.5 Å². The van der Waals surface area contributed by atoms with Crippen LogP contribution in [0.4, 0.5) is 26.3 Å². The van der Waals surface area contributed by atoms with Crippen molar-refractivity contribution < 1.29 is 35.8 Å². The van der Waals surface area contributed by atoms with Gasteiger partial charge in [-0.25, -0.2) is 0 Å². The average molecular weight is 629 g/mol. The highest BCUT2D eigenvalue weighted by atomic mass is 19.4. The van der Waals surface area contributed by atoms with Gasteiger partial charge in [0.1, 0.15) is 11.5 Å². The summed E-state index contributed by atoms with van der Waals surface area (Å²) in [5.74, 6) is -0.459. The van der Waals surface area contributed by atoms with Gasteiger partial charge >= 0.3 is 12.7 Å². The number of ether oxygens (including phenoxy) is 2. The maximum absolute atomic E-state index is 12.5. The zero-order valence-corrected chi connectivity index (χ0v) is 26.0. The summed E-state index contributed by atoms with van der Waals surface area (Å²) in [4.78, 5) is 0. The quantitative estimate of drug-likeness (QED) is 0.115. The molecule has 0 spiro atoms. The minimum absolute atomic E-state index is 0.230. The standard InChI is InChI=1S/C37H38F6O2/c1-24-20-28(21-25(2)34(24)30-12-16-32(17-13-30)44-36(38,39)40)10-8-6-5-7-9-11-29-22-26(3)35(27(4)23-29)31-14-18-33(19-15-31)45-37(41,42)43/h12-23H,5-11H2,1-4H3. The Balaban J connectivity index is 1.22. The predicted molar refractivity (Wildman–Crippen MR) is 167 cm³/mol. The largest absolute Gasteiger partial charge is 0.573 e. The lowest BCUT2D eigenvalue weighted by atomic mass is 9.91. The van der Waals surface area contributed by atoms with E-state index in [1.807, 2.05) is 27.7 Å².